The fraction of sp³-hybridized carbons (Fsp3) is 0.917. The van der Waals surface area contributed by atoms with E-state index in [0.29, 0.717) is 4.99 Å². The van der Waals surface area contributed by atoms with E-state index < -0.39 is 15.6 Å². The summed E-state index contributed by atoms with van der Waals surface area (Å²) < 4.78 is 27.1. The van der Waals surface area contributed by atoms with Gasteiger partial charge in [0.05, 0.1) is 15.8 Å². The molecule has 4 nitrogen and oxygen atoms in total. The van der Waals surface area contributed by atoms with Crippen molar-refractivity contribution in [2.45, 2.75) is 68.6 Å². The summed E-state index contributed by atoms with van der Waals surface area (Å²) in [5.41, 5.74) is 5.19. The van der Waals surface area contributed by atoms with Gasteiger partial charge in [-0.05, 0) is 25.7 Å². The molecule has 2 aliphatic carbocycles. The Bertz CT molecular complexity index is 408. The van der Waals surface area contributed by atoms with Gasteiger partial charge in [-0.15, -0.1) is 0 Å². The lowest BCUT2D eigenvalue weighted by Gasteiger charge is -2.35. The Morgan fingerprint density at radius 2 is 1.61 bits per heavy atom. The maximum Gasteiger partial charge on any atom is 0.215 e. The van der Waals surface area contributed by atoms with Gasteiger partial charge in [0.25, 0.3) is 0 Å². The van der Waals surface area contributed by atoms with Gasteiger partial charge >= 0.3 is 0 Å². The minimum absolute atomic E-state index is 0.214. The SMILES string of the molecule is NC(=S)C1(NS(=O)(=O)C2CC2)CCCCCCC1. The summed E-state index contributed by atoms with van der Waals surface area (Å²) in [6.45, 7) is 0. The largest absolute Gasteiger partial charge is 0.392 e. The maximum atomic E-state index is 12.1. The van der Waals surface area contributed by atoms with Gasteiger partial charge in [0, 0.05) is 0 Å². The molecule has 0 unspecified atom stereocenters. The lowest BCUT2D eigenvalue weighted by atomic mass is 9.85. The Labute approximate surface area is 115 Å². The van der Waals surface area contributed by atoms with Crippen LogP contribution in [0, 0.1) is 0 Å². The molecule has 18 heavy (non-hydrogen) atoms. The predicted octanol–water partition coefficient (Wildman–Crippen LogP) is 1.84. The lowest BCUT2D eigenvalue weighted by molar-refractivity contribution is 0.371. The molecule has 0 spiro atoms. The van der Waals surface area contributed by atoms with E-state index in [1.165, 1.54) is 6.42 Å². The maximum absolute atomic E-state index is 12.1. The van der Waals surface area contributed by atoms with Crippen LogP contribution in [0.25, 0.3) is 0 Å². The van der Waals surface area contributed by atoms with Crippen LogP contribution in [0.2, 0.25) is 0 Å². The van der Waals surface area contributed by atoms with E-state index in [1.54, 1.807) is 0 Å². The van der Waals surface area contributed by atoms with Crippen LogP contribution in [-0.4, -0.2) is 24.2 Å². The van der Waals surface area contributed by atoms with Crippen molar-refractivity contribution in [2.24, 2.45) is 5.73 Å². The van der Waals surface area contributed by atoms with Crippen molar-refractivity contribution in [2.75, 3.05) is 0 Å². The zero-order valence-electron chi connectivity index (χ0n) is 10.7. The fourth-order valence-corrected chi connectivity index (χ4v) is 4.74. The highest BCUT2D eigenvalue weighted by Crippen LogP contribution is 2.32. The second kappa shape index (κ2) is 5.43. The first-order valence-electron chi connectivity index (χ1n) is 6.79. The summed E-state index contributed by atoms with van der Waals surface area (Å²) in [5, 5.41) is -0.214. The summed E-state index contributed by atoms with van der Waals surface area (Å²) >= 11 is 5.16. The molecule has 0 aromatic carbocycles. The summed E-state index contributed by atoms with van der Waals surface area (Å²) in [5.74, 6) is 0. The van der Waals surface area contributed by atoms with Crippen LogP contribution in [0.1, 0.15) is 57.8 Å². The van der Waals surface area contributed by atoms with Gasteiger partial charge in [-0.25, -0.2) is 13.1 Å². The van der Waals surface area contributed by atoms with Crippen molar-refractivity contribution in [1.82, 2.24) is 4.72 Å². The molecule has 3 N–H and O–H groups in total. The van der Waals surface area contributed by atoms with Gasteiger partial charge in [0.1, 0.15) is 0 Å². The van der Waals surface area contributed by atoms with Gasteiger partial charge in [-0.1, -0.05) is 44.3 Å². The average Bonchev–Trinajstić information content (AvgIpc) is 3.05. The van der Waals surface area contributed by atoms with Gasteiger partial charge in [0.15, 0.2) is 0 Å². The molecule has 0 bridgehead atoms. The van der Waals surface area contributed by atoms with Crippen LogP contribution in [0.4, 0.5) is 0 Å². The third-order valence-electron chi connectivity index (χ3n) is 3.98. The molecule has 2 aliphatic rings. The van der Waals surface area contributed by atoms with Crippen LogP contribution in [-0.2, 0) is 10.0 Å². The topological polar surface area (TPSA) is 72.2 Å². The van der Waals surface area contributed by atoms with E-state index in [1.807, 2.05) is 0 Å². The molecule has 104 valence electrons. The molecule has 6 heteroatoms. The van der Waals surface area contributed by atoms with Crippen LogP contribution in [0.5, 0.6) is 0 Å². The van der Waals surface area contributed by atoms with E-state index in [-0.39, 0.29) is 5.25 Å². The molecule has 0 aromatic heterocycles. The molecule has 0 amide bonds. The van der Waals surface area contributed by atoms with Gasteiger partial charge < -0.3 is 5.73 Å². The summed E-state index contributed by atoms with van der Waals surface area (Å²) in [6.07, 6.45) is 8.50. The van der Waals surface area contributed by atoms with Crippen molar-refractivity contribution >= 4 is 27.2 Å². The van der Waals surface area contributed by atoms with E-state index in [9.17, 15) is 8.42 Å². The van der Waals surface area contributed by atoms with Crippen LogP contribution in [0.3, 0.4) is 0 Å². The van der Waals surface area contributed by atoms with Gasteiger partial charge in [-0.2, -0.15) is 0 Å². The highest BCUT2D eigenvalue weighted by Gasteiger charge is 2.43. The Kier molecular flexibility index (Phi) is 4.29. The van der Waals surface area contributed by atoms with Crippen LogP contribution >= 0.6 is 12.2 Å². The van der Waals surface area contributed by atoms with Crippen LogP contribution < -0.4 is 10.5 Å². The normalized spacial score (nSPS) is 25.1. The minimum Gasteiger partial charge on any atom is -0.392 e. The molecule has 0 aliphatic heterocycles. The molecular weight excluding hydrogens is 268 g/mol. The molecule has 0 radical (unpaired) electrons. The predicted molar refractivity (Wildman–Crippen MR) is 76.9 cm³/mol. The number of nitrogens with one attached hydrogen (secondary N) is 1. The van der Waals surface area contributed by atoms with E-state index in [0.717, 1.165) is 51.4 Å². The summed E-state index contributed by atoms with van der Waals surface area (Å²) in [7, 11) is -3.24. The summed E-state index contributed by atoms with van der Waals surface area (Å²) in [6, 6.07) is 0. The molecule has 0 atom stereocenters. The number of hydrogen-bond donors (Lipinski definition) is 2. The Balaban J connectivity index is 2.16. The van der Waals surface area contributed by atoms with Crippen molar-refractivity contribution in [3.05, 3.63) is 0 Å². The van der Waals surface area contributed by atoms with Crippen LogP contribution in [0.15, 0.2) is 0 Å². The quantitative estimate of drug-likeness (QED) is 0.775. The second-order valence-electron chi connectivity index (χ2n) is 5.56. The van der Waals surface area contributed by atoms with Crippen molar-refractivity contribution in [3.63, 3.8) is 0 Å². The fourth-order valence-electron chi connectivity index (χ4n) is 2.64. The average molecular weight is 290 g/mol. The van der Waals surface area contributed by atoms with Crippen molar-refractivity contribution < 1.29 is 8.42 Å². The number of hydrogen-bond acceptors (Lipinski definition) is 3. The molecule has 0 aromatic rings. The molecule has 0 heterocycles. The molecule has 2 fully saturated rings. The van der Waals surface area contributed by atoms with Crippen molar-refractivity contribution in [1.29, 1.82) is 0 Å². The second-order valence-corrected chi connectivity index (χ2v) is 7.96. The first-order valence-corrected chi connectivity index (χ1v) is 8.74. The molecule has 0 saturated heterocycles. The Morgan fingerprint density at radius 3 is 2.06 bits per heavy atom. The van der Waals surface area contributed by atoms with E-state index >= 15 is 0 Å². The van der Waals surface area contributed by atoms with Crippen molar-refractivity contribution in [3.8, 4) is 0 Å². The highest BCUT2D eigenvalue weighted by molar-refractivity contribution is 7.90. The third kappa shape index (κ3) is 3.22. The smallest absolute Gasteiger partial charge is 0.215 e. The molecule has 2 rings (SSSR count). The molecule has 2 saturated carbocycles. The highest BCUT2D eigenvalue weighted by atomic mass is 32.2. The standard InChI is InChI=1S/C12H22N2O2S2/c13-11(17)12(8-4-2-1-3-5-9-12)14-18(15,16)10-6-7-10/h10,14H,1-9H2,(H2,13,17). The third-order valence-corrected chi connectivity index (χ3v) is 6.39. The van der Waals surface area contributed by atoms with E-state index in [4.69, 9.17) is 18.0 Å². The zero-order chi connectivity index (χ0) is 13.2. The minimum atomic E-state index is -3.24. The number of sulfonamides is 1. The number of nitrogens with two attached hydrogens (primary N) is 1. The number of thiocarbonyl (C=S) groups is 1. The monoisotopic (exact) mass is 290 g/mol. The Morgan fingerprint density at radius 1 is 1.11 bits per heavy atom. The Hall–Kier alpha value is -0.200. The van der Waals surface area contributed by atoms with Gasteiger partial charge in [-0.3, -0.25) is 0 Å². The number of rotatable bonds is 4. The first kappa shape index (κ1) is 14.2. The lowest BCUT2D eigenvalue weighted by Crippen LogP contribution is -2.57. The zero-order valence-corrected chi connectivity index (χ0v) is 12.3. The van der Waals surface area contributed by atoms with Gasteiger partial charge in [0.2, 0.25) is 10.0 Å². The summed E-state index contributed by atoms with van der Waals surface area (Å²) in [4.78, 5) is 0.314. The first-order chi connectivity index (χ1) is 8.46. The van der Waals surface area contributed by atoms with E-state index in [2.05, 4.69) is 4.72 Å². The molecular formula is C12H22N2O2S2.